The molecule has 0 saturated carbocycles. The van der Waals surface area contributed by atoms with Crippen molar-refractivity contribution in [2.24, 2.45) is 0 Å². The summed E-state index contributed by atoms with van der Waals surface area (Å²) in [5, 5.41) is 0. The number of hydrogen-bond donors (Lipinski definition) is 0. The lowest BCUT2D eigenvalue weighted by Gasteiger charge is -2.01. The highest BCUT2D eigenvalue weighted by Gasteiger charge is 1.86. The van der Waals surface area contributed by atoms with Crippen LogP contribution in [0.4, 0.5) is 0 Å². The fraction of sp³-hybridized carbons (Fsp3) is 0.286. The molecule has 0 amide bonds. The zero-order chi connectivity index (χ0) is 10.8. The van der Waals surface area contributed by atoms with Gasteiger partial charge in [-0.1, -0.05) is 36.4 Å². The molecule has 0 bridgehead atoms. The molecule has 0 unspecified atom stereocenters. The number of ether oxygens (including phenoxy) is 1. The third-order valence-electron chi connectivity index (χ3n) is 2.04. The standard InChI is InChI=1S/C14H18O/c1-2-3-4-5-6-10-13-15-14-11-8-7-9-12-14/h2,6-12H,1,3-5,13H2. The minimum Gasteiger partial charge on any atom is -0.490 e. The predicted octanol–water partition coefficient (Wildman–Crippen LogP) is 3.98. The molecule has 0 aliphatic carbocycles. The molecule has 80 valence electrons. The third-order valence-corrected chi connectivity index (χ3v) is 2.04. The van der Waals surface area contributed by atoms with Crippen molar-refractivity contribution < 1.29 is 4.74 Å². The van der Waals surface area contributed by atoms with Crippen LogP contribution < -0.4 is 4.74 Å². The van der Waals surface area contributed by atoms with Gasteiger partial charge in [0.05, 0.1) is 0 Å². The van der Waals surface area contributed by atoms with Gasteiger partial charge in [0.1, 0.15) is 12.4 Å². The lowest BCUT2D eigenvalue weighted by Crippen LogP contribution is -1.92. The maximum Gasteiger partial charge on any atom is 0.119 e. The van der Waals surface area contributed by atoms with Gasteiger partial charge in [-0.05, 0) is 31.4 Å². The topological polar surface area (TPSA) is 9.23 Å². The van der Waals surface area contributed by atoms with Crippen molar-refractivity contribution in [1.82, 2.24) is 0 Å². The van der Waals surface area contributed by atoms with Crippen molar-refractivity contribution in [2.45, 2.75) is 19.3 Å². The van der Waals surface area contributed by atoms with Crippen molar-refractivity contribution >= 4 is 0 Å². The molecule has 0 aliphatic heterocycles. The second-order valence-electron chi connectivity index (χ2n) is 3.32. The number of rotatable bonds is 7. The normalized spacial score (nSPS) is 10.4. The molecule has 0 fully saturated rings. The zero-order valence-electron chi connectivity index (χ0n) is 9.06. The number of para-hydroxylation sites is 1. The molecule has 0 aliphatic rings. The summed E-state index contributed by atoms with van der Waals surface area (Å²) in [6, 6.07) is 9.86. The van der Waals surface area contributed by atoms with Crippen LogP contribution >= 0.6 is 0 Å². The van der Waals surface area contributed by atoms with Crippen molar-refractivity contribution in [2.75, 3.05) is 6.61 Å². The number of unbranched alkanes of at least 4 members (excludes halogenated alkanes) is 2. The Hall–Kier alpha value is -1.50. The molecule has 1 rings (SSSR count). The van der Waals surface area contributed by atoms with Crippen LogP contribution in [-0.4, -0.2) is 6.61 Å². The van der Waals surface area contributed by atoms with Gasteiger partial charge < -0.3 is 4.74 Å². The van der Waals surface area contributed by atoms with Crippen LogP contribution in [0.2, 0.25) is 0 Å². The maximum atomic E-state index is 5.51. The first kappa shape index (κ1) is 11.6. The summed E-state index contributed by atoms with van der Waals surface area (Å²) in [6.07, 6.45) is 9.54. The highest BCUT2D eigenvalue weighted by atomic mass is 16.5. The quantitative estimate of drug-likeness (QED) is 0.480. The van der Waals surface area contributed by atoms with Gasteiger partial charge in [0.25, 0.3) is 0 Å². The van der Waals surface area contributed by atoms with E-state index in [2.05, 4.69) is 18.7 Å². The van der Waals surface area contributed by atoms with E-state index in [0.29, 0.717) is 6.61 Å². The number of allylic oxidation sites excluding steroid dienone is 2. The molecule has 1 aromatic rings. The van der Waals surface area contributed by atoms with Gasteiger partial charge in [0.15, 0.2) is 0 Å². The van der Waals surface area contributed by atoms with Crippen molar-refractivity contribution in [3.8, 4) is 5.75 Å². The Labute approximate surface area is 92.1 Å². The average molecular weight is 202 g/mol. The molecule has 0 N–H and O–H groups in total. The van der Waals surface area contributed by atoms with Crippen molar-refractivity contribution in [3.05, 3.63) is 55.1 Å². The molecule has 0 atom stereocenters. The zero-order valence-corrected chi connectivity index (χ0v) is 9.06. The Balaban J connectivity index is 2.08. The molecular weight excluding hydrogens is 184 g/mol. The molecule has 0 saturated heterocycles. The smallest absolute Gasteiger partial charge is 0.119 e. The fourth-order valence-corrected chi connectivity index (χ4v) is 1.23. The predicted molar refractivity (Wildman–Crippen MR) is 65.1 cm³/mol. The summed E-state index contributed by atoms with van der Waals surface area (Å²) in [5.41, 5.74) is 0. The van der Waals surface area contributed by atoms with Gasteiger partial charge in [-0.25, -0.2) is 0 Å². The number of benzene rings is 1. The van der Waals surface area contributed by atoms with E-state index in [1.54, 1.807) is 0 Å². The molecule has 0 spiro atoms. The summed E-state index contributed by atoms with van der Waals surface area (Å²) in [6.45, 7) is 4.34. The largest absolute Gasteiger partial charge is 0.490 e. The molecule has 1 heteroatoms. The molecule has 0 heterocycles. The summed E-state index contributed by atoms with van der Waals surface area (Å²) in [5.74, 6) is 0.924. The van der Waals surface area contributed by atoms with Crippen molar-refractivity contribution in [1.29, 1.82) is 0 Å². The first-order valence-corrected chi connectivity index (χ1v) is 5.37. The summed E-state index contributed by atoms with van der Waals surface area (Å²) < 4.78 is 5.51. The molecular formula is C14H18O. The van der Waals surface area contributed by atoms with Gasteiger partial charge >= 0.3 is 0 Å². The lowest BCUT2D eigenvalue weighted by atomic mass is 10.2. The Morgan fingerprint density at radius 2 is 1.87 bits per heavy atom. The number of hydrogen-bond acceptors (Lipinski definition) is 1. The van der Waals surface area contributed by atoms with E-state index in [1.807, 2.05) is 36.4 Å². The molecule has 0 aromatic heterocycles. The van der Waals surface area contributed by atoms with Gasteiger partial charge in [-0.2, -0.15) is 0 Å². The maximum absolute atomic E-state index is 5.51. The van der Waals surface area contributed by atoms with E-state index in [-0.39, 0.29) is 0 Å². The minimum atomic E-state index is 0.651. The van der Waals surface area contributed by atoms with E-state index in [9.17, 15) is 0 Å². The molecule has 1 nitrogen and oxygen atoms in total. The van der Waals surface area contributed by atoms with E-state index in [4.69, 9.17) is 4.74 Å². The van der Waals surface area contributed by atoms with Crippen molar-refractivity contribution in [3.63, 3.8) is 0 Å². The lowest BCUT2D eigenvalue weighted by molar-refractivity contribution is 0.362. The monoisotopic (exact) mass is 202 g/mol. The summed E-state index contributed by atoms with van der Waals surface area (Å²) in [7, 11) is 0. The SMILES string of the molecule is C=CCCCC=CCOc1ccccc1. The second kappa shape index (κ2) is 7.86. The molecule has 15 heavy (non-hydrogen) atoms. The van der Waals surface area contributed by atoms with Gasteiger partial charge in [0, 0.05) is 0 Å². The second-order valence-corrected chi connectivity index (χ2v) is 3.32. The van der Waals surface area contributed by atoms with Crippen LogP contribution in [0.5, 0.6) is 5.75 Å². The minimum absolute atomic E-state index is 0.651. The van der Waals surface area contributed by atoms with E-state index >= 15 is 0 Å². The van der Waals surface area contributed by atoms with E-state index < -0.39 is 0 Å². The van der Waals surface area contributed by atoms with E-state index in [0.717, 1.165) is 18.6 Å². The van der Waals surface area contributed by atoms with Crippen LogP contribution in [0.25, 0.3) is 0 Å². The average Bonchev–Trinajstić information content (AvgIpc) is 2.29. The van der Waals surface area contributed by atoms with Crippen LogP contribution in [0.3, 0.4) is 0 Å². The first-order chi connectivity index (χ1) is 7.43. The fourth-order valence-electron chi connectivity index (χ4n) is 1.23. The summed E-state index contributed by atoms with van der Waals surface area (Å²) in [4.78, 5) is 0. The first-order valence-electron chi connectivity index (χ1n) is 5.37. The summed E-state index contributed by atoms with van der Waals surface area (Å²) >= 11 is 0. The highest BCUT2D eigenvalue weighted by molar-refractivity contribution is 5.21. The van der Waals surface area contributed by atoms with Gasteiger partial charge in [-0.3, -0.25) is 0 Å². The van der Waals surface area contributed by atoms with Crippen LogP contribution in [0.1, 0.15) is 19.3 Å². The Kier molecular flexibility index (Phi) is 6.07. The van der Waals surface area contributed by atoms with Crippen LogP contribution in [0.15, 0.2) is 55.1 Å². The Morgan fingerprint density at radius 1 is 1.07 bits per heavy atom. The Morgan fingerprint density at radius 3 is 2.60 bits per heavy atom. The third kappa shape index (κ3) is 5.74. The molecule has 1 aromatic carbocycles. The van der Waals surface area contributed by atoms with E-state index in [1.165, 1.54) is 6.42 Å². The van der Waals surface area contributed by atoms with Gasteiger partial charge in [-0.15, -0.1) is 6.58 Å². The van der Waals surface area contributed by atoms with Gasteiger partial charge in [0.2, 0.25) is 0 Å². The van der Waals surface area contributed by atoms with Crippen LogP contribution in [-0.2, 0) is 0 Å². The Bertz CT molecular complexity index is 287. The molecule has 0 radical (unpaired) electrons. The van der Waals surface area contributed by atoms with Crippen LogP contribution in [0, 0.1) is 0 Å². The highest BCUT2D eigenvalue weighted by Crippen LogP contribution is 2.07.